The zero-order chi connectivity index (χ0) is 43.5. The minimum absolute atomic E-state index is 0.145. The van der Waals surface area contributed by atoms with E-state index in [1.165, 1.54) is 0 Å². The fraction of sp³-hybridized carbons (Fsp3) is 0. The second-order valence-corrected chi connectivity index (χ2v) is 11.6. The topological polar surface area (TPSA) is 56.7 Å². The van der Waals surface area contributed by atoms with Gasteiger partial charge in [-0.05, 0) is 71.6 Å². The predicted octanol–water partition coefficient (Wildman–Crippen LogP) is 11.5. The van der Waals surface area contributed by atoms with Gasteiger partial charge >= 0.3 is 0 Å². The molecule has 0 aliphatic carbocycles. The number of nitrogens with zero attached hydrogens (tertiary/aromatic N) is 4. The molecule has 0 amide bonds. The molecule has 0 fully saturated rings. The Labute approximate surface area is 304 Å². The number of fused-ring (bicyclic) bond motifs is 6. The summed E-state index contributed by atoms with van der Waals surface area (Å²) in [5.74, 6) is 0.127. The zero-order valence-corrected chi connectivity index (χ0v) is 25.9. The van der Waals surface area contributed by atoms with E-state index in [0.717, 1.165) is 26.5 Å². The molecular weight excluding hydrogens is 613 g/mol. The van der Waals surface area contributed by atoms with Crippen LogP contribution in [-0.2, 0) is 0 Å². The molecule has 234 valence electrons. The van der Waals surface area contributed by atoms with Crippen molar-refractivity contribution in [1.29, 1.82) is 0 Å². The quantitative estimate of drug-likeness (QED) is 0.186. The third-order valence-corrected chi connectivity index (χ3v) is 8.59. The van der Waals surface area contributed by atoms with Crippen LogP contribution in [0.4, 0.5) is 0 Å². The molecule has 5 nitrogen and oxygen atoms in total. The van der Waals surface area contributed by atoms with Crippen LogP contribution in [0.5, 0.6) is 0 Å². The summed E-state index contributed by atoms with van der Waals surface area (Å²) in [6, 6.07) is 22.5. The Bertz CT molecular complexity index is 3540. The van der Waals surface area contributed by atoms with Crippen molar-refractivity contribution >= 4 is 43.7 Å². The number of benzene rings is 7. The standard InChI is InChI=1S/C45H28N4O/c1-3-12-29(13-4-1)30-14-11-15-31(26-30)43-46-44(48-45(47-43)33-22-24-37-36-19-8-10-21-41(36)50-42(37)28-33)32-23-25-40-38(27-32)35-18-7-9-20-39(35)49(40)34-16-5-2-6-17-34/h1-28H/i2D,5D,6D,7D,9D,16D,17D,18D,20D,23D,25D,27D. The van der Waals surface area contributed by atoms with Crippen LogP contribution in [0.2, 0.25) is 0 Å². The van der Waals surface area contributed by atoms with E-state index in [9.17, 15) is 4.11 Å². The van der Waals surface area contributed by atoms with Crippen LogP contribution in [0.15, 0.2) is 174 Å². The van der Waals surface area contributed by atoms with Crippen molar-refractivity contribution in [1.82, 2.24) is 19.5 Å². The van der Waals surface area contributed by atoms with Gasteiger partial charge in [0.05, 0.1) is 27.5 Å². The summed E-state index contributed by atoms with van der Waals surface area (Å²) in [6.07, 6.45) is 0. The Hall–Kier alpha value is -6.85. The monoisotopic (exact) mass is 652 g/mol. The summed E-state index contributed by atoms with van der Waals surface area (Å²) >= 11 is 0. The minimum Gasteiger partial charge on any atom is -0.456 e. The largest absolute Gasteiger partial charge is 0.456 e. The second-order valence-electron chi connectivity index (χ2n) is 11.6. The van der Waals surface area contributed by atoms with Crippen LogP contribution in [0, 0.1) is 0 Å². The Morgan fingerprint density at radius 3 is 1.96 bits per heavy atom. The van der Waals surface area contributed by atoms with Gasteiger partial charge in [-0.25, -0.2) is 15.0 Å². The van der Waals surface area contributed by atoms with Gasteiger partial charge in [-0.1, -0.05) is 109 Å². The van der Waals surface area contributed by atoms with Gasteiger partial charge in [-0.15, -0.1) is 0 Å². The van der Waals surface area contributed by atoms with Crippen molar-refractivity contribution in [2.75, 3.05) is 0 Å². The maximum Gasteiger partial charge on any atom is 0.164 e. The molecule has 50 heavy (non-hydrogen) atoms. The lowest BCUT2D eigenvalue weighted by molar-refractivity contribution is 0.669. The SMILES string of the molecule is [2H]c1c([2H])c([2H])c(-n2c3c([2H])c([2H])c([2H])c([2H])c3c3c([2H])c(-c4nc(-c5cccc(-c6ccccc6)c5)nc(-c5ccc6c(c5)oc5ccccc56)n4)c([2H])c([2H])c32)c([2H])c1[2H]. The number of furan rings is 1. The van der Waals surface area contributed by atoms with Crippen LogP contribution >= 0.6 is 0 Å². The fourth-order valence-corrected chi connectivity index (χ4v) is 6.28. The molecular formula is C45H28N4O. The number of hydrogen-bond acceptors (Lipinski definition) is 4. The molecule has 0 saturated carbocycles. The highest BCUT2D eigenvalue weighted by molar-refractivity contribution is 6.10. The summed E-state index contributed by atoms with van der Waals surface area (Å²) in [7, 11) is 0. The fourth-order valence-electron chi connectivity index (χ4n) is 6.28. The van der Waals surface area contributed by atoms with Gasteiger partial charge < -0.3 is 8.98 Å². The average Bonchev–Trinajstić information content (AvgIpc) is 3.85. The third-order valence-electron chi connectivity index (χ3n) is 8.59. The lowest BCUT2D eigenvalue weighted by Gasteiger charge is -2.10. The summed E-state index contributed by atoms with van der Waals surface area (Å²) in [5.41, 5.74) is 2.69. The van der Waals surface area contributed by atoms with E-state index in [0.29, 0.717) is 22.3 Å². The van der Waals surface area contributed by atoms with Crippen LogP contribution < -0.4 is 0 Å². The number of para-hydroxylation sites is 3. The van der Waals surface area contributed by atoms with E-state index >= 15 is 0 Å². The summed E-state index contributed by atoms with van der Waals surface area (Å²) in [6.45, 7) is 0. The first-order valence-electron chi connectivity index (χ1n) is 21.7. The Kier molecular flexibility index (Phi) is 4.24. The second kappa shape index (κ2) is 11.4. The van der Waals surface area contributed by atoms with E-state index in [2.05, 4.69) is 0 Å². The predicted molar refractivity (Wildman–Crippen MR) is 203 cm³/mol. The van der Waals surface area contributed by atoms with Crippen molar-refractivity contribution in [2.24, 2.45) is 0 Å². The zero-order valence-electron chi connectivity index (χ0n) is 37.9. The molecule has 0 aliphatic heterocycles. The molecule has 0 bridgehead atoms. The molecule has 0 radical (unpaired) electrons. The third kappa shape index (κ3) is 4.67. The summed E-state index contributed by atoms with van der Waals surface area (Å²) < 4.78 is 114. The Morgan fingerprint density at radius 2 is 1.10 bits per heavy atom. The number of hydrogen-bond donors (Lipinski definition) is 0. The molecule has 10 aromatic rings. The van der Waals surface area contributed by atoms with Crippen LogP contribution in [0.25, 0.3) is 94.7 Å². The molecule has 0 unspecified atom stereocenters. The van der Waals surface area contributed by atoms with E-state index in [1.807, 2.05) is 91.0 Å². The first-order valence-corrected chi connectivity index (χ1v) is 15.7. The van der Waals surface area contributed by atoms with Gasteiger partial charge in [-0.2, -0.15) is 0 Å². The Morgan fingerprint density at radius 1 is 0.440 bits per heavy atom. The minimum atomic E-state index is -0.723. The van der Waals surface area contributed by atoms with E-state index in [4.69, 9.17) is 31.7 Å². The highest BCUT2D eigenvalue weighted by atomic mass is 16.3. The van der Waals surface area contributed by atoms with Gasteiger partial charge in [0.25, 0.3) is 0 Å². The van der Waals surface area contributed by atoms with E-state index in [-0.39, 0.29) is 44.8 Å². The van der Waals surface area contributed by atoms with Crippen molar-refractivity contribution in [2.45, 2.75) is 0 Å². The smallest absolute Gasteiger partial charge is 0.164 e. The van der Waals surface area contributed by atoms with Crippen LogP contribution in [0.1, 0.15) is 16.4 Å². The molecule has 7 aromatic carbocycles. The van der Waals surface area contributed by atoms with Crippen LogP contribution in [-0.4, -0.2) is 19.5 Å². The Balaban J connectivity index is 1.30. The van der Waals surface area contributed by atoms with Gasteiger partial charge in [-0.3, -0.25) is 0 Å². The van der Waals surface area contributed by atoms with Gasteiger partial charge in [0, 0.05) is 43.9 Å². The lowest BCUT2D eigenvalue weighted by atomic mass is 10.0. The van der Waals surface area contributed by atoms with E-state index in [1.54, 1.807) is 6.07 Å². The van der Waals surface area contributed by atoms with Crippen LogP contribution in [0.3, 0.4) is 0 Å². The number of aromatic nitrogens is 4. The molecule has 0 N–H and O–H groups in total. The highest BCUT2D eigenvalue weighted by Crippen LogP contribution is 2.36. The highest BCUT2D eigenvalue weighted by Gasteiger charge is 2.18. The molecule has 3 heterocycles. The first-order chi connectivity index (χ1) is 29.8. The molecule has 10 rings (SSSR count). The molecule has 0 spiro atoms. The number of rotatable bonds is 5. The van der Waals surface area contributed by atoms with Crippen molar-refractivity contribution in [3.05, 3.63) is 170 Å². The van der Waals surface area contributed by atoms with E-state index < -0.39 is 78.2 Å². The maximum absolute atomic E-state index is 9.77. The molecule has 0 saturated heterocycles. The van der Waals surface area contributed by atoms with Crippen molar-refractivity contribution in [3.8, 4) is 51.0 Å². The first kappa shape index (κ1) is 18.6. The van der Waals surface area contributed by atoms with Gasteiger partial charge in [0.2, 0.25) is 0 Å². The summed E-state index contributed by atoms with van der Waals surface area (Å²) in [4.78, 5) is 14.5. The van der Waals surface area contributed by atoms with Gasteiger partial charge in [0.15, 0.2) is 17.5 Å². The molecule has 0 atom stereocenters. The molecule has 5 heteroatoms. The van der Waals surface area contributed by atoms with Crippen molar-refractivity contribution in [3.63, 3.8) is 0 Å². The maximum atomic E-state index is 9.77. The van der Waals surface area contributed by atoms with Crippen molar-refractivity contribution < 1.29 is 20.9 Å². The normalized spacial score (nSPS) is 15.0. The summed E-state index contributed by atoms with van der Waals surface area (Å²) in [5, 5.41) is 1.30. The molecule has 0 aliphatic rings. The lowest BCUT2D eigenvalue weighted by Crippen LogP contribution is -2.00. The van der Waals surface area contributed by atoms with Gasteiger partial charge in [0.1, 0.15) is 11.2 Å². The average molecular weight is 653 g/mol. The molecule has 3 aromatic heterocycles.